The smallest absolute Gasteiger partial charge is 0.549 e. The fourth-order valence-electron chi connectivity index (χ4n) is 3.03. The Balaban J connectivity index is 0.000000782. The second-order valence-electron chi connectivity index (χ2n) is 7.16. The summed E-state index contributed by atoms with van der Waals surface area (Å²) in [7, 11) is 0. The number of hydrogen-bond donors (Lipinski definition) is 6. The zero-order valence-electron chi connectivity index (χ0n) is 16.3. The van der Waals surface area contributed by atoms with Gasteiger partial charge in [-0.25, -0.2) is 0 Å². The van der Waals surface area contributed by atoms with Crippen molar-refractivity contribution in [1.29, 1.82) is 0 Å². The van der Waals surface area contributed by atoms with E-state index in [-0.39, 0.29) is 33.1 Å². The van der Waals surface area contributed by atoms with Gasteiger partial charge in [-0.3, -0.25) is 0 Å². The van der Waals surface area contributed by atoms with Crippen LogP contribution in [0.15, 0.2) is 0 Å². The van der Waals surface area contributed by atoms with Crippen molar-refractivity contribution in [1.82, 2.24) is 0 Å². The van der Waals surface area contributed by atoms with E-state index in [2.05, 4.69) is 0 Å². The number of carboxylic acid groups (broad SMARTS) is 2. The molecule has 8 N–H and O–H groups in total. The number of carboxylic acids is 2. The van der Waals surface area contributed by atoms with Gasteiger partial charge in [-0.05, 0) is 19.3 Å². The normalized spacial score (nSPS) is 33.8. The van der Waals surface area contributed by atoms with Crippen molar-refractivity contribution in [2.24, 2.45) is 17.4 Å². The van der Waals surface area contributed by atoms with Gasteiger partial charge in [0, 0.05) is 18.0 Å². The molecule has 13 heteroatoms. The average molecular weight is 618 g/mol. The average Bonchev–Trinajstić information content (AvgIpc) is 2.67. The topological polar surface area (TPSA) is 232 Å². The molecular formula is C17H30N2O10Pt. The SMILES string of the molecule is N[C@@H]1CCCC[C@H]1N.O=C([O-])C(CCOC1O[C@H](CO)[C@@H](O)[C@H](O)[C@H]1O)C(=O)[O-].[Pt+2]. The number of aliphatic carboxylic acids is 2. The first kappa shape index (κ1) is 29.3. The molecule has 30 heavy (non-hydrogen) atoms. The Morgan fingerprint density at radius 3 is 1.90 bits per heavy atom. The number of carbonyl (C=O) groups excluding carboxylic acids is 2. The van der Waals surface area contributed by atoms with Gasteiger partial charge in [0.25, 0.3) is 0 Å². The molecule has 178 valence electrons. The van der Waals surface area contributed by atoms with Gasteiger partial charge in [-0.1, -0.05) is 12.8 Å². The summed E-state index contributed by atoms with van der Waals surface area (Å²) in [5.74, 6) is -5.57. The Bertz CT molecular complexity index is 503. The quantitative estimate of drug-likeness (QED) is 0.147. The van der Waals surface area contributed by atoms with E-state index in [9.17, 15) is 35.1 Å². The second-order valence-corrected chi connectivity index (χ2v) is 7.16. The molecule has 1 saturated carbocycles. The number of hydrogen-bond acceptors (Lipinski definition) is 12. The minimum Gasteiger partial charge on any atom is -0.549 e. The van der Waals surface area contributed by atoms with Crippen molar-refractivity contribution < 1.29 is 70.8 Å². The summed E-state index contributed by atoms with van der Waals surface area (Å²) in [6.07, 6.45) is -3.17. The van der Waals surface area contributed by atoms with Crippen molar-refractivity contribution in [2.75, 3.05) is 13.2 Å². The van der Waals surface area contributed by atoms with E-state index in [4.69, 9.17) is 26.0 Å². The number of aliphatic hydroxyl groups excluding tert-OH is 4. The number of rotatable bonds is 7. The van der Waals surface area contributed by atoms with Crippen LogP contribution in [0.25, 0.3) is 0 Å². The van der Waals surface area contributed by atoms with E-state index in [0.717, 1.165) is 12.8 Å². The predicted octanol–water partition coefficient (Wildman–Crippen LogP) is -5.48. The van der Waals surface area contributed by atoms with E-state index < -0.39 is 68.2 Å². The maximum Gasteiger partial charge on any atom is 2.00 e. The maximum atomic E-state index is 10.5. The third-order valence-corrected chi connectivity index (χ3v) is 4.98. The molecule has 1 unspecified atom stereocenters. The van der Waals surface area contributed by atoms with E-state index in [0.29, 0.717) is 0 Å². The molecule has 0 aromatic rings. The van der Waals surface area contributed by atoms with Crippen molar-refractivity contribution in [2.45, 2.75) is 74.9 Å². The van der Waals surface area contributed by atoms with Crippen LogP contribution in [0.3, 0.4) is 0 Å². The van der Waals surface area contributed by atoms with Gasteiger partial charge in [0.1, 0.15) is 24.4 Å². The van der Waals surface area contributed by atoms with Crippen molar-refractivity contribution in [3.63, 3.8) is 0 Å². The van der Waals surface area contributed by atoms with Gasteiger partial charge in [-0.15, -0.1) is 0 Å². The Morgan fingerprint density at radius 2 is 1.50 bits per heavy atom. The maximum absolute atomic E-state index is 10.5. The summed E-state index contributed by atoms with van der Waals surface area (Å²) in [6, 6.07) is 0.562. The predicted molar refractivity (Wildman–Crippen MR) is 92.3 cm³/mol. The van der Waals surface area contributed by atoms with Crippen molar-refractivity contribution >= 4 is 11.9 Å². The van der Waals surface area contributed by atoms with Gasteiger partial charge in [0.15, 0.2) is 6.29 Å². The van der Waals surface area contributed by atoms with E-state index in [1.165, 1.54) is 12.8 Å². The molecule has 0 amide bonds. The largest absolute Gasteiger partial charge is 2.00 e. The van der Waals surface area contributed by atoms with Crippen LogP contribution < -0.4 is 21.7 Å². The fraction of sp³-hybridized carbons (Fsp3) is 0.882. The van der Waals surface area contributed by atoms with Crippen LogP contribution in [-0.4, -0.2) is 88.4 Å². The molecule has 1 aliphatic heterocycles. The summed E-state index contributed by atoms with van der Waals surface area (Å²) in [5, 5.41) is 58.5. The van der Waals surface area contributed by atoms with Gasteiger partial charge in [0.2, 0.25) is 0 Å². The third-order valence-electron chi connectivity index (χ3n) is 4.98. The Morgan fingerprint density at radius 1 is 1.00 bits per heavy atom. The second kappa shape index (κ2) is 14.4. The van der Waals surface area contributed by atoms with Crippen LogP contribution in [0.4, 0.5) is 0 Å². The van der Waals surface area contributed by atoms with Crippen LogP contribution in [-0.2, 0) is 40.1 Å². The first-order valence-electron chi connectivity index (χ1n) is 9.45. The monoisotopic (exact) mass is 617 g/mol. The Hall–Kier alpha value is -0.692. The van der Waals surface area contributed by atoms with Crippen LogP contribution in [0.2, 0.25) is 0 Å². The summed E-state index contributed by atoms with van der Waals surface area (Å²) >= 11 is 0. The van der Waals surface area contributed by atoms with Gasteiger partial charge < -0.3 is 61.2 Å². The summed E-state index contributed by atoms with van der Waals surface area (Å²) in [5.41, 5.74) is 11.3. The van der Waals surface area contributed by atoms with E-state index >= 15 is 0 Å². The van der Waals surface area contributed by atoms with Gasteiger partial charge in [0.05, 0.1) is 25.2 Å². The zero-order valence-corrected chi connectivity index (χ0v) is 18.6. The van der Waals surface area contributed by atoms with Crippen LogP contribution in [0, 0.1) is 5.92 Å². The number of carbonyl (C=O) groups is 2. The molecule has 2 fully saturated rings. The van der Waals surface area contributed by atoms with Gasteiger partial charge in [-0.2, -0.15) is 0 Å². The molecule has 1 aliphatic carbocycles. The van der Waals surface area contributed by atoms with Crippen molar-refractivity contribution in [3.05, 3.63) is 0 Å². The summed E-state index contributed by atoms with van der Waals surface area (Å²) in [4.78, 5) is 21.0. The van der Waals surface area contributed by atoms with Crippen LogP contribution in [0.5, 0.6) is 0 Å². The minimum atomic E-state index is -1.89. The molecule has 0 bridgehead atoms. The standard InChI is InChI=1S/C11H18O10.C6H14N2.Pt/c12-3-5-6(13)7(14)8(15)11(21-5)20-2-1-4(9(16)17)10(18)19;7-5-3-1-2-4-6(5)8;/h4-8,11-15H,1-3H2,(H,16,17)(H,18,19);5-6H,1-4,7-8H2;/q;;+2/p-2/t5-,6-,7+,8-,11?;5-,6-;/m11./s1. The first-order chi connectivity index (χ1) is 13.6. The van der Waals surface area contributed by atoms with Crippen molar-refractivity contribution in [3.8, 4) is 0 Å². The fourth-order valence-corrected chi connectivity index (χ4v) is 3.03. The van der Waals surface area contributed by atoms with E-state index in [1.54, 1.807) is 0 Å². The molecule has 2 aliphatic rings. The molecule has 0 aromatic carbocycles. The van der Waals surface area contributed by atoms with Crippen LogP contribution in [0.1, 0.15) is 32.1 Å². The zero-order chi connectivity index (χ0) is 22.1. The number of ether oxygens (including phenoxy) is 2. The molecule has 2 rings (SSSR count). The molecule has 0 radical (unpaired) electrons. The first-order valence-corrected chi connectivity index (χ1v) is 9.45. The molecular weight excluding hydrogens is 587 g/mol. The molecule has 0 aromatic heterocycles. The Labute approximate surface area is 188 Å². The summed E-state index contributed by atoms with van der Waals surface area (Å²) < 4.78 is 9.92. The van der Waals surface area contributed by atoms with Crippen LogP contribution >= 0.6 is 0 Å². The molecule has 0 spiro atoms. The summed E-state index contributed by atoms with van der Waals surface area (Å²) in [6.45, 7) is -1.10. The number of nitrogens with two attached hydrogens (primary N) is 2. The molecule has 1 saturated heterocycles. The Kier molecular flexibility index (Phi) is 14.1. The van der Waals surface area contributed by atoms with E-state index in [1.807, 2.05) is 0 Å². The molecule has 12 nitrogen and oxygen atoms in total. The minimum absolute atomic E-state index is 0. The van der Waals surface area contributed by atoms with Gasteiger partial charge >= 0.3 is 21.1 Å². The molecule has 1 heterocycles. The third kappa shape index (κ3) is 8.81. The number of aliphatic hydroxyl groups is 4. The molecule has 7 atom stereocenters.